The van der Waals surface area contributed by atoms with Gasteiger partial charge in [-0.2, -0.15) is 0 Å². The fourth-order valence-electron chi connectivity index (χ4n) is 1.41. The topological polar surface area (TPSA) is 46.2 Å². The first kappa shape index (κ1) is 21.1. The molecule has 11 heteroatoms. The third-order valence-electron chi connectivity index (χ3n) is 1.66. The molecule has 5 radical (unpaired) electrons. The first-order valence-corrected chi connectivity index (χ1v) is 19.6. The van der Waals surface area contributed by atoms with Gasteiger partial charge in [-0.25, -0.2) is 0 Å². The maximum absolute atomic E-state index is 5.94. The zero-order valence-electron chi connectivity index (χ0n) is 14.0. The summed E-state index contributed by atoms with van der Waals surface area (Å²) in [7, 11) is -7.21. The summed E-state index contributed by atoms with van der Waals surface area (Å²) in [5.74, 6) is 0. The SMILES string of the molecule is C[Si](C)O[Si](C)O[Si](C)O[Si](C)O[Si](C)O[Si](C)(C)C. The van der Waals surface area contributed by atoms with Gasteiger partial charge in [-0.1, -0.05) is 0 Å². The molecule has 0 fully saturated rings. The van der Waals surface area contributed by atoms with E-state index >= 15 is 0 Å². The first-order chi connectivity index (χ1) is 8.99. The van der Waals surface area contributed by atoms with Crippen LogP contribution < -0.4 is 0 Å². The highest BCUT2D eigenvalue weighted by Crippen LogP contribution is 2.08. The molecule has 20 heavy (non-hydrogen) atoms. The van der Waals surface area contributed by atoms with E-state index in [1.165, 1.54) is 0 Å². The van der Waals surface area contributed by atoms with Crippen molar-refractivity contribution in [2.24, 2.45) is 0 Å². The van der Waals surface area contributed by atoms with Crippen molar-refractivity contribution in [1.82, 2.24) is 0 Å². The van der Waals surface area contributed by atoms with E-state index in [1.807, 2.05) is 26.2 Å². The molecule has 0 spiro atoms. The van der Waals surface area contributed by atoms with E-state index in [1.54, 1.807) is 0 Å². The lowest BCUT2D eigenvalue weighted by Gasteiger charge is -2.25. The lowest BCUT2D eigenvalue weighted by Crippen LogP contribution is -2.41. The molecule has 0 saturated carbocycles. The third kappa shape index (κ3) is 12.8. The van der Waals surface area contributed by atoms with Gasteiger partial charge in [0, 0.05) is 0 Å². The number of hydrogen-bond donors (Lipinski definition) is 0. The molecule has 0 rings (SSSR count). The second kappa shape index (κ2) is 9.99. The van der Waals surface area contributed by atoms with Crippen molar-refractivity contribution in [3.63, 3.8) is 0 Å². The highest BCUT2D eigenvalue weighted by Gasteiger charge is 2.27. The molecule has 0 aliphatic heterocycles. The normalized spacial score (nSPS) is 13.5. The van der Waals surface area contributed by atoms with Gasteiger partial charge < -0.3 is 20.6 Å². The average molecular weight is 384 g/mol. The van der Waals surface area contributed by atoms with Crippen LogP contribution in [0.5, 0.6) is 0 Å². The minimum absolute atomic E-state index is 0.698. The van der Waals surface area contributed by atoms with Gasteiger partial charge in [0.15, 0.2) is 17.4 Å². The Morgan fingerprint density at radius 2 is 0.900 bits per heavy atom. The Bertz CT molecular complexity index is 264. The van der Waals surface area contributed by atoms with Crippen molar-refractivity contribution in [1.29, 1.82) is 0 Å². The quantitative estimate of drug-likeness (QED) is 0.543. The van der Waals surface area contributed by atoms with Gasteiger partial charge in [-0.05, 0) is 58.9 Å². The molecule has 0 aromatic carbocycles. The standard InChI is InChI=1S/C9H27O5Si6/c1-15(2)10-16(3)11-17(4)12-18(5)13-19(6)14-20(7,8)9/h1-9H3. The number of hydrogen-bond acceptors (Lipinski definition) is 5. The van der Waals surface area contributed by atoms with Gasteiger partial charge in [-0.15, -0.1) is 0 Å². The molecule has 0 unspecified atom stereocenters. The van der Waals surface area contributed by atoms with Crippen LogP contribution in [0.2, 0.25) is 58.9 Å². The lowest BCUT2D eigenvalue weighted by atomic mass is 11.8. The summed E-state index contributed by atoms with van der Waals surface area (Å²) >= 11 is 0. The Labute approximate surface area is 134 Å². The van der Waals surface area contributed by atoms with Crippen molar-refractivity contribution in [2.45, 2.75) is 58.9 Å². The molecule has 0 heterocycles. The molecule has 0 N–H and O–H groups in total. The molecule has 0 aliphatic carbocycles. The Hall–Kier alpha value is 1.10. The summed E-state index contributed by atoms with van der Waals surface area (Å²) in [6.45, 7) is 18.8. The molecule has 0 saturated heterocycles. The largest absolute Gasteiger partial charge is 0.436 e. The van der Waals surface area contributed by atoms with Crippen LogP contribution in [0.25, 0.3) is 0 Å². The Balaban J connectivity index is 3.98. The maximum Gasteiger partial charge on any atom is 0.362 e. The molecule has 0 aromatic rings. The van der Waals surface area contributed by atoms with E-state index < -0.39 is 54.5 Å². The highest BCUT2D eigenvalue weighted by molar-refractivity contribution is 6.77. The van der Waals surface area contributed by atoms with Crippen molar-refractivity contribution in [2.75, 3.05) is 0 Å². The van der Waals surface area contributed by atoms with Gasteiger partial charge in [-0.3, -0.25) is 0 Å². The van der Waals surface area contributed by atoms with Crippen molar-refractivity contribution >= 4 is 54.5 Å². The minimum atomic E-state index is -1.53. The van der Waals surface area contributed by atoms with Crippen molar-refractivity contribution in [3.05, 3.63) is 0 Å². The average Bonchev–Trinajstić information content (AvgIpc) is 2.09. The zero-order valence-corrected chi connectivity index (χ0v) is 20.0. The predicted octanol–water partition coefficient (Wildman–Crippen LogP) is 2.63. The monoisotopic (exact) mass is 383 g/mol. The van der Waals surface area contributed by atoms with Crippen molar-refractivity contribution in [3.8, 4) is 0 Å². The summed E-state index contributed by atoms with van der Waals surface area (Å²) in [4.78, 5) is 0. The molecule has 0 amide bonds. The van der Waals surface area contributed by atoms with Crippen LogP contribution >= 0.6 is 0 Å². The second-order valence-corrected chi connectivity index (χ2v) is 19.6. The fraction of sp³-hybridized carbons (Fsp3) is 1.00. The van der Waals surface area contributed by atoms with Crippen LogP contribution in [0.1, 0.15) is 0 Å². The smallest absolute Gasteiger partial charge is 0.362 e. The van der Waals surface area contributed by atoms with E-state index in [4.69, 9.17) is 20.6 Å². The van der Waals surface area contributed by atoms with Crippen LogP contribution in [0.4, 0.5) is 0 Å². The molecule has 117 valence electrons. The molecular formula is C9H27O5Si6. The maximum atomic E-state index is 5.94. The molecule has 0 atom stereocenters. The van der Waals surface area contributed by atoms with Crippen molar-refractivity contribution < 1.29 is 20.6 Å². The summed E-state index contributed by atoms with van der Waals surface area (Å²) < 4.78 is 29.2. The van der Waals surface area contributed by atoms with E-state index in [2.05, 4.69) is 32.7 Å². The molecular weight excluding hydrogens is 357 g/mol. The fourth-order valence-corrected chi connectivity index (χ4v) is 14.2. The van der Waals surface area contributed by atoms with Crippen LogP contribution in [0.3, 0.4) is 0 Å². The van der Waals surface area contributed by atoms with Crippen LogP contribution in [0, 0.1) is 0 Å². The molecule has 5 nitrogen and oxygen atoms in total. The van der Waals surface area contributed by atoms with Gasteiger partial charge in [0.1, 0.15) is 0 Å². The van der Waals surface area contributed by atoms with Gasteiger partial charge in [0.05, 0.1) is 0 Å². The van der Waals surface area contributed by atoms with Gasteiger partial charge >= 0.3 is 37.1 Å². The van der Waals surface area contributed by atoms with Gasteiger partial charge in [0.2, 0.25) is 0 Å². The lowest BCUT2D eigenvalue weighted by molar-refractivity contribution is 0.336. The van der Waals surface area contributed by atoms with E-state index in [9.17, 15) is 0 Å². The molecule has 0 bridgehead atoms. The summed E-state index contributed by atoms with van der Waals surface area (Å²) in [6.07, 6.45) is 0. The zero-order chi connectivity index (χ0) is 15.9. The van der Waals surface area contributed by atoms with Crippen LogP contribution in [-0.2, 0) is 20.6 Å². The number of rotatable bonds is 10. The van der Waals surface area contributed by atoms with Gasteiger partial charge in [0.25, 0.3) is 0 Å². The van der Waals surface area contributed by atoms with Crippen LogP contribution in [0.15, 0.2) is 0 Å². The Morgan fingerprint density at radius 1 is 0.550 bits per heavy atom. The summed E-state index contributed by atoms with van der Waals surface area (Å²) in [5, 5.41) is 0. The van der Waals surface area contributed by atoms with Crippen LogP contribution in [-0.4, -0.2) is 54.5 Å². The summed E-state index contributed by atoms with van der Waals surface area (Å²) in [6, 6.07) is 0. The second-order valence-electron chi connectivity index (χ2n) is 5.50. The Kier molecular flexibility index (Phi) is 10.5. The predicted molar refractivity (Wildman–Crippen MR) is 92.7 cm³/mol. The Morgan fingerprint density at radius 3 is 1.25 bits per heavy atom. The van der Waals surface area contributed by atoms with E-state index in [0.717, 1.165) is 0 Å². The first-order valence-electron chi connectivity index (χ1n) is 6.54. The van der Waals surface area contributed by atoms with E-state index in [0.29, 0.717) is 0 Å². The highest BCUT2D eigenvalue weighted by atomic mass is 28.5. The summed E-state index contributed by atoms with van der Waals surface area (Å²) in [5.41, 5.74) is 0. The van der Waals surface area contributed by atoms with E-state index in [-0.39, 0.29) is 0 Å². The minimum Gasteiger partial charge on any atom is -0.436 e. The molecule has 0 aromatic heterocycles. The third-order valence-corrected chi connectivity index (χ3v) is 14.9. The molecule has 0 aliphatic rings.